The molecule has 0 N–H and O–H groups in total. The number of carbonyl (C=O) groups is 2. The average Bonchev–Trinajstić information content (AvgIpc) is 3.81. The Kier molecular flexibility index (Phi) is 8.03. The van der Waals surface area contributed by atoms with E-state index in [2.05, 4.69) is 0 Å². The smallest absolute Gasteiger partial charge is 0.355 e. The van der Waals surface area contributed by atoms with Crippen LogP contribution >= 0.6 is 0 Å². The summed E-state index contributed by atoms with van der Waals surface area (Å²) in [6.45, 7) is 3.93. The number of esters is 2. The molecule has 12 nitrogen and oxygen atoms in total. The van der Waals surface area contributed by atoms with Gasteiger partial charge in [-0.3, -0.25) is 9.59 Å². The van der Waals surface area contributed by atoms with Crippen molar-refractivity contribution in [3.05, 3.63) is 75.7 Å². The highest BCUT2D eigenvalue weighted by Crippen LogP contribution is 2.43. The zero-order valence-electron chi connectivity index (χ0n) is 25.0. The SMILES string of the molecule is CCOC(=O)[C@@](CC)(OC(=O)[C@H]1CCCN1S(=O)(=O)c1cccc2ccccc12)c1cc2n(c(=O)c1C#N)CCC21OCCO1. The maximum absolute atomic E-state index is 14.1. The molecule has 3 aromatic rings. The van der Waals surface area contributed by atoms with E-state index in [0.29, 0.717) is 23.9 Å². The second-order valence-electron chi connectivity index (χ2n) is 11.2. The van der Waals surface area contributed by atoms with Crippen LogP contribution in [0.15, 0.2) is 58.2 Å². The number of rotatable bonds is 8. The van der Waals surface area contributed by atoms with Gasteiger partial charge in [0.15, 0.2) is 0 Å². The van der Waals surface area contributed by atoms with Gasteiger partial charge in [0, 0.05) is 30.5 Å². The van der Waals surface area contributed by atoms with Crippen LogP contribution in [0.1, 0.15) is 56.4 Å². The van der Waals surface area contributed by atoms with Gasteiger partial charge in [-0.15, -0.1) is 0 Å². The molecule has 2 fully saturated rings. The van der Waals surface area contributed by atoms with E-state index in [1.165, 1.54) is 16.7 Å². The molecule has 4 heterocycles. The highest BCUT2D eigenvalue weighted by atomic mass is 32.2. The lowest BCUT2D eigenvalue weighted by Gasteiger charge is -2.34. The fourth-order valence-corrected chi connectivity index (χ4v) is 8.52. The van der Waals surface area contributed by atoms with Crippen LogP contribution in [0.4, 0.5) is 0 Å². The van der Waals surface area contributed by atoms with E-state index in [0.717, 1.165) is 9.69 Å². The van der Waals surface area contributed by atoms with Gasteiger partial charge in [0.1, 0.15) is 17.7 Å². The Balaban J connectivity index is 1.43. The monoisotopic (exact) mass is 635 g/mol. The molecule has 2 aromatic carbocycles. The maximum atomic E-state index is 14.1. The standard InChI is InChI=1S/C32H33N3O9S/c1-3-31(30(38)41-4-2,24-19-27-32(42-17-18-43-32)14-16-34(27)28(36)23(24)20-33)44-29(37)25-12-8-15-35(25)45(39,40)26-13-7-10-21-9-5-6-11-22(21)26/h5-7,9-11,13,19,25H,3-4,8,12,14-18H2,1-2H3/t25-,31+/m1/s1. The maximum Gasteiger partial charge on any atom is 0.355 e. The Labute approximate surface area is 260 Å². The predicted molar refractivity (Wildman–Crippen MR) is 159 cm³/mol. The van der Waals surface area contributed by atoms with Gasteiger partial charge >= 0.3 is 11.9 Å². The molecule has 1 aromatic heterocycles. The minimum atomic E-state index is -4.18. The van der Waals surface area contributed by atoms with Crippen molar-refractivity contribution in [2.24, 2.45) is 0 Å². The third-order valence-electron chi connectivity index (χ3n) is 8.85. The quantitative estimate of drug-likeness (QED) is 0.338. The van der Waals surface area contributed by atoms with Crippen molar-refractivity contribution in [1.29, 1.82) is 5.26 Å². The molecule has 1 spiro atoms. The molecular weight excluding hydrogens is 602 g/mol. The molecule has 3 aliphatic heterocycles. The highest BCUT2D eigenvalue weighted by Gasteiger charge is 2.53. The topological polar surface area (TPSA) is 154 Å². The van der Waals surface area contributed by atoms with Crippen molar-refractivity contribution in [2.75, 3.05) is 26.4 Å². The normalized spacial score (nSPS) is 20.5. The van der Waals surface area contributed by atoms with Crippen LogP contribution in [0, 0.1) is 11.3 Å². The number of hydrogen-bond donors (Lipinski definition) is 0. The minimum Gasteiger partial charge on any atom is -0.463 e. The first-order valence-corrected chi connectivity index (χ1v) is 16.4. The molecule has 0 aliphatic carbocycles. The third-order valence-corrected chi connectivity index (χ3v) is 10.8. The van der Waals surface area contributed by atoms with Crippen LogP contribution in [-0.2, 0) is 56.5 Å². The van der Waals surface area contributed by atoms with Gasteiger partial charge in [0.25, 0.3) is 5.56 Å². The second-order valence-corrected chi connectivity index (χ2v) is 13.0. The summed E-state index contributed by atoms with van der Waals surface area (Å²) in [6, 6.07) is 14.1. The number of nitriles is 1. The molecule has 0 amide bonds. The summed E-state index contributed by atoms with van der Waals surface area (Å²) in [4.78, 5) is 41.5. The molecule has 0 bridgehead atoms. The van der Waals surface area contributed by atoms with Crippen LogP contribution in [0.3, 0.4) is 0 Å². The highest BCUT2D eigenvalue weighted by molar-refractivity contribution is 7.89. The van der Waals surface area contributed by atoms with E-state index in [4.69, 9.17) is 18.9 Å². The summed E-state index contributed by atoms with van der Waals surface area (Å²) >= 11 is 0. The molecule has 3 aliphatic rings. The van der Waals surface area contributed by atoms with Crippen LogP contribution in [0.5, 0.6) is 0 Å². The number of fused-ring (bicyclic) bond motifs is 3. The van der Waals surface area contributed by atoms with Gasteiger partial charge in [-0.05, 0) is 43.7 Å². The lowest BCUT2D eigenvalue weighted by atomic mass is 9.86. The second kappa shape index (κ2) is 11.7. The van der Waals surface area contributed by atoms with Gasteiger partial charge in [-0.2, -0.15) is 9.57 Å². The van der Waals surface area contributed by atoms with Crippen LogP contribution in [0.25, 0.3) is 10.8 Å². The van der Waals surface area contributed by atoms with Crippen LogP contribution < -0.4 is 5.56 Å². The lowest BCUT2D eigenvalue weighted by Crippen LogP contribution is -2.49. The fourth-order valence-electron chi connectivity index (χ4n) is 6.66. The number of benzene rings is 2. The largest absolute Gasteiger partial charge is 0.463 e. The summed E-state index contributed by atoms with van der Waals surface area (Å²) in [5, 5.41) is 11.4. The van der Waals surface area contributed by atoms with Gasteiger partial charge in [0.2, 0.25) is 21.4 Å². The van der Waals surface area contributed by atoms with Crippen molar-refractivity contribution in [2.45, 2.75) is 68.4 Å². The Morgan fingerprint density at radius 1 is 1.11 bits per heavy atom. The molecule has 13 heteroatoms. The number of aromatic nitrogens is 1. The van der Waals surface area contributed by atoms with E-state index < -0.39 is 45.0 Å². The fraction of sp³-hybridized carbons (Fsp3) is 0.438. The van der Waals surface area contributed by atoms with Crippen molar-refractivity contribution >= 4 is 32.7 Å². The number of ether oxygens (including phenoxy) is 4. The third kappa shape index (κ3) is 4.84. The number of sulfonamides is 1. The molecule has 236 valence electrons. The lowest BCUT2D eigenvalue weighted by molar-refractivity contribution is -0.187. The first-order valence-electron chi connectivity index (χ1n) is 15.0. The van der Waals surface area contributed by atoms with E-state index >= 15 is 0 Å². The van der Waals surface area contributed by atoms with Crippen molar-refractivity contribution in [1.82, 2.24) is 8.87 Å². The number of hydrogen-bond acceptors (Lipinski definition) is 10. The Morgan fingerprint density at radius 2 is 1.84 bits per heavy atom. The minimum absolute atomic E-state index is 0.0488. The summed E-state index contributed by atoms with van der Waals surface area (Å²) in [6.07, 6.45) is 0.641. The van der Waals surface area contributed by atoms with Crippen molar-refractivity contribution in [3.63, 3.8) is 0 Å². The van der Waals surface area contributed by atoms with Gasteiger partial charge in [-0.25, -0.2) is 13.2 Å². The summed E-state index contributed by atoms with van der Waals surface area (Å²) in [5.74, 6) is -3.21. The van der Waals surface area contributed by atoms with Crippen molar-refractivity contribution in [3.8, 4) is 6.07 Å². The molecule has 45 heavy (non-hydrogen) atoms. The Morgan fingerprint density at radius 3 is 2.56 bits per heavy atom. The number of pyridine rings is 1. The van der Waals surface area contributed by atoms with E-state index in [-0.39, 0.29) is 61.8 Å². The summed E-state index contributed by atoms with van der Waals surface area (Å²) < 4.78 is 53.7. The number of carbonyl (C=O) groups excluding carboxylic acids is 2. The van der Waals surface area contributed by atoms with Gasteiger partial charge in [0.05, 0.1) is 30.4 Å². The molecule has 0 saturated carbocycles. The molecule has 0 radical (unpaired) electrons. The predicted octanol–water partition coefficient (Wildman–Crippen LogP) is 3.04. The number of nitrogens with zero attached hydrogens (tertiary/aromatic N) is 3. The van der Waals surface area contributed by atoms with Gasteiger partial charge < -0.3 is 23.5 Å². The molecular formula is C32H33N3O9S. The summed E-state index contributed by atoms with van der Waals surface area (Å²) in [5.41, 5.74) is -3.15. The zero-order valence-corrected chi connectivity index (χ0v) is 25.8. The van der Waals surface area contributed by atoms with E-state index in [9.17, 15) is 28.1 Å². The molecule has 0 unspecified atom stereocenters. The van der Waals surface area contributed by atoms with Crippen LogP contribution in [0.2, 0.25) is 0 Å². The van der Waals surface area contributed by atoms with Crippen LogP contribution in [-0.4, -0.2) is 61.6 Å². The zero-order chi connectivity index (χ0) is 32.0. The molecule has 2 atom stereocenters. The first-order chi connectivity index (χ1) is 21.6. The summed E-state index contributed by atoms with van der Waals surface area (Å²) in [7, 11) is -4.18. The van der Waals surface area contributed by atoms with E-state index in [1.807, 2.05) is 12.1 Å². The van der Waals surface area contributed by atoms with Gasteiger partial charge in [-0.1, -0.05) is 43.3 Å². The average molecular weight is 636 g/mol. The first kappa shape index (κ1) is 30.9. The Hall–Kier alpha value is -4.09. The molecule has 6 rings (SSSR count). The van der Waals surface area contributed by atoms with E-state index in [1.54, 1.807) is 44.2 Å². The van der Waals surface area contributed by atoms with Crippen molar-refractivity contribution < 1.29 is 37.0 Å². The Bertz CT molecular complexity index is 1890. The molecule has 2 saturated heterocycles.